The molecule has 0 fully saturated rings. The molecule has 0 aliphatic rings. The van der Waals surface area contributed by atoms with E-state index in [1.807, 2.05) is 0 Å². The average molecular weight is 525 g/mol. The first-order valence-corrected chi connectivity index (χ1v) is 12.4. The Morgan fingerprint density at radius 2 is 1.12 bits per heavy atom. The lowest BCUT2D eigenvalue weighted by Gasteiger charge is -2.17. The quantitative estimate of drug-likeness (QED) is 0.434. The zero-order valence-corrected chi connectivity index (χ0v) is 19.9. The molecule has 144 valence electrons. The third kappa shape index (κ3) is 9.49. The van der Waals surface area contributed by atoms with Crippen LogP contribution in [0.5, 0.6) is 11.5 Å². The molecule has 0 heterocycles. The molecule has 2 aromatic carbocycles. The highest BCUT2D eigenvalue weighted by Crippen LogP contribution is 2.44. The minimum absolute atomic E-state index is 0.464. The van der Waals surface area contributed by atoms with Crippen LogP contribution >= 0.6 is 38.6 Å². The lowest BCUT2D eigenvalue weighted by molar-refractivity contribution is 0.321. The fraction of sp³-hybridized carbons (Fsp3) is 0.333. The summed E-state index contributed by atoms with van der Waals surface area (Å²) in [4.78, 5) is 12.4. The van der Waals surface area contributed by atoms with Crippen LogP contribution in [0, 0.1) is 0 Å². The maximum atomic E-state index is 10.0. The lowest BCUT2D eigenvalue weighted by atomic mass is 10.3. The first-order valence-electron chi connectivity index (χ1n) is 8.25. The van der Waals surface area contributed by atoms with Gasteiger partial charge in [-0.15, -0.1) is 0 Å². The Hall–Kier alpha value is -0.430. The van der Waals surface area contributed by atoms with Crippen molar-refractivity contribution in [2.75, 3.05) is 19.6 Å². The third-order valence-electron chi connectivity index (χ3n) is 3.41. The second kappa shape index (κ2) is 12.1. The van der Waals surface area contributed by atoms with Gasteiger partial charge in [-0.1, -0.05) is 52.6 Å². The van der Waals surface area contributed by atoms with Gasteiger partial charge in [0.1, 0.15) is 11.5 Å². The smallest absolute Gasteiger partial charge is 0.416 e. The SMILES string of the molecule is CCN(CC)CC.OP(=S)(Oc1ccc(Br)cc1)Oc1ccc(Br)cc1. The predicted octanol–water partition coefficient (Wildman–Crippen LogP) is 6.23. The van der Waals surface area contributed by atoms with Gasteiger partial charge in [0.25, 0.3) is 0 Å². The standard InChI is InChI=1S/C12H9Br2O3PS.C6H15N/c13-9-1-5-11(6-2-9)16-18(15,19)17-12-7-3-10(14)4-8-12;1-4-7(5-2)6-3/h1-8H,(H,15,19);4-6H2,1-3H3. The van der Waals surface area contributed by atoms with Crippen molar-refractivity contribution < 1.29 is 13.9 Å². The fourth-order valence-corrected chi connectivity index (χ4v) is 3.81. The number of benzene rings is 2. The molecule has 0 saturated heterocycles. The Bertz CT molecular complexity index is 638. The molecule has 0 aliphatic carbocycles. The Kier molecular flexibility index (Phi) is 11.0. The molecular formula is C18H24Br2NO3PS. The number of hydrogen-bond acceptors (Lipinski definition) is 4. The van der Waals surface area contributed by atoms with Crippen molar-refractivity contribution in [3.05, 3.63) is 57.5 Å². The minimum Gasteiger partial charge on any atom is -0.416 e. The number of hydrogen-bond donors (Lipinski definition) is 1. The van der Waals surface area contributed by atoms with Crippen LogP contribution in [0.25, 0.3) is 0 Å². The van der Waals surface area contributed by atoms with Crippen molar-refractivity contribution in [2.45, 2.75) is 20.8 Å². The predicted molar refractivity (Wildman–Crippen MR) is 120 cm³/mol. The Balaban J connectivity index is 0.000000412. The number of nitrogens with zero attached hydrogens (tertiary/aromatic N) is 1. The molecule has 0 atom stereocenters. The van der Waals surface area contributed by atoms with Crippen molar-refractivity contribution in [1.82, 2.24) is 4.90 Å². The van der Waals surface area contributed by atoms with Gasteiger partial charge in [-0.2, -0.15) is 0 Å². The maximum absolute atomic E-state index is 10.0. The summed E-state index contributed by atoms with van der Waals surface area (Å²) in [7, 11) is 0. The Morgan fingerprint density at radius 3 is 1.35 bits per heavy atom. The summed E-state index contributed by atoms with van der Waals surface area (Å²) in [5, 5.41) is 0. The molecule has 0 saturated carbocycles. The first-order chi connectivity index (χ1) is 12.3. The van der Waals surface area contributed by atoms with Crippen LogP contribution in [0.3, 0.4) is 0 Å². The molecule has 4 nitrogen and oxygen atoms in total. The van der Waals surface area contributed by atoms with Gasteiger partial charge in [-0.05, 0) is 68.2 Å². The molecule has 0 radical (unpaired) electrons. The highest BCUT2D eigenvalue weighted by molar-refractivity contribution is 9.10. The maximum Gasteiger partial charge on any atom is 0.432 e. The second-order valence-electron chi connectivity index (χ2n) is 5.18. The van der Waals surface area contributed by atoms with Crippen molar-refractivity contribution in [2.24, 2.45) is 0 Å². The van der Waals surface area contributed by atoms with Gasteiger partial charge in [0.05, 0.1) is 0 Å². The van der Waals surface area contributed by atoms with E-state index in [9.17, 15) is 4.89 Å². The molecule has 2 aromatic rings. The van der Waals surface area contributed by atoms with Crippen LogP contribution in [-0.4, -0.2) is 29.4 Å². The molecule has 0 unspecified atom stereocenters. The summed E-state index contributed by atoms with van der Waals surface area (Å²) < 4.78 is 12.5. The lowest BCUT2D eigenvalue weighted by Crippen LogP contribution is -2.21. The third-order valence-corrected chi connectivity index (χ3v) is 5.80. The molecule has 1 N–H and O–H groups in total. The van der Waals surface area contributed by atoms with Crippen LogP contribution in [-0.2, 0) is 11.8 Å². The normalized spacial score (nSPS) is 10.9. The summed E-state index contributed by atoms with van der Waals surface area (Å²) in [6, 6.07) is 14.0. The highest BCUT2D eigenvalue weighted by Gasteiger charge is 2.18. The van der Waals surface area contributed by atoms with E-state index in [0.29, 0.717) is 11.5 Å². The van der Waals surface area contributed by atoms with E-state index in [2.05, 4.69) is 57.5 Å². The zero-order chi connectivity index (χ0) is 19.6. The summed E-state index contributed by atoms with van der Waals surface area (Å²) in [6.07, 6.45) is 0. The van der Waals surface area contributed by atoms with Gasteiger partial charge in [0.15, 0.2) is 0 Å². The molecule has 0 amide bonds. The summed E-state index contributed by atoms with van der Waals surface area (Å²) >= 11 is 11.6. The van der Waals surface area contributed by atoms with E-state index in [4.69, 9.17) is 20.9 Å². The van der Waals surface area contributed by atoms with Gasteiger partial charge in [0, 0.05) is 20.8 Å². The zero-order valence-electron chi connectivity index (χ0n) is 15.1. The molecular weight excluding hydrogens is 501 g/mol. The Morgan fingerprint density at radius 1 is 0.808 bits per heavy atom. The molecule has 2 rings (SSSR count). The average Bonchev–Trinajstić information content (AvgIpc) is 2.61. The van der Waals surface area contributed by atoms with E-state index in [1.165, 1.54) is 19.6 Å². The molecule has 0 aliphatic heterocycles. The van der Waals surface area contributed by atoms with E-state index in [-0.39, 0.29) is 0 Å². The van der Waals surface area contributed by atoms with Crippen LogP contribution in [0.1, 0.15) is 20.8 Å². The van der Waals surface area contributed by atoms with Gasteiger partial charge in [-0.3, -0.25) is 0 Å². The molecule has 0 bridgehead atoms. The molecule has 8 heteroatoms. The van der Waals surface area contributed by atoms with E-state index >= 15 is 0 Å². The van der Waals surface area contributed by atoms with E-state index < -0.39 is 6.72 Å². The highest BCUT2D eigenvalue weighted by atomic mass is 79.9. The van der Waals surface area contributed by atoms with Gasteiger partial charge >= 0.3 is 6.72 Å². The van der Waals surface area contributed by atoms with Gasteiger partial charge in [0.2, 0.25) is 0 Å². The van der Waals surface area contributed by atoms with Gasteiger partial charge < -0.3 is 18.8 Å². The summed E-state index contributed by atoms with van der Waals surface area (Å²) in [5.41, 5.74) is 0. The Labute approximate surface area is 178 Å². The van der Waals surface area contributed by atoms with Gasteiger partial charge in [-0.25, -0.2) is 0 Å². The number of rotatable bonds is 7. The van der Waals surface area contributed by atoms with E-state index in [0.717, 1.165) is 8.95 Å². The second-order valence-corrected chi connectivity index (χ2v) is 9.70. The first kappa shape index (κ1) is 23.6. The van der Waals surface area contributed by atoms with Crippen LogP contribution < -0.4 is 9.05 Å². The monoisotopic (exact) mass is 523 g/mol. The molecule has 0 aromatic heterocycles. The van der Waals surface area contributed by atoms with E-state index in [1.54, 1.807) is 48.5 Å². The van der Waals surface area contributed by atoms with Crippen molar-refractivity contribution >= 4 is 50.4 Å². The van der Waals surface area contributed by atoms with Crippen LogP contribution in [0.15, 0.2) is 57.5 Å². The van der Waals surface area contributed by atoms with Crippen molar-refractivity contribution in [3.8, 4) is 11.5 Å². The largest absolute Gasteiger partial charge is 0.432 e. The topological polar surface area (TPSA) is 41.9 Å². The summed E-state index contributed by atoms with van der Waals surface area (Å²) in [5.74, 6) is 0.928. The van der Waals surface area contributed by atoms with Crippen molar-refractivity contribution in [1.29, 1.82) is 0 Å². The summed E-state index contributed by atoms with van der Waals surface area (Å²) in [6.45, 7) is 6.76. The van der Waals surface area contributed by atoms with Crippen molar-refractivity contribution in [3.63, 3.8) is 0 Å². The molecule has 26 heavy (non-hydrogen) atoms. The molecule has 0 spiro atoms. The van der Waals surface area contributed by atoms with Crippen LogP contribution in [0.2, 0.25) is 0 Å². The minimum atomic E-state index is -3.36. The number of halogens is 2. The van der Waals surface area contributed by atoms with Crippen LogP contribution in [0.4, 0.5) is 0 Å². The fourth-order valence-electron chi connectivity index (χ4n) is 1.95.